The number of hydrogen-bond acceptors (Lipinski definition) is 0. The lowest BCUT2D eigenvalue weighted by molar-refractivity contribution is -0.661. The van der Waals surface area contributed by atoms with Gasteiger partial charge in [-0.05, 0) is 35.4 Å². The second-order valence-electron chi connectivity index (χ2n) is 10.5. The highest BCUT2D eigenvalue weighted by Crippen LogP contribution is 2.35. The third-order valence-corrected chi connectivity index (χ3v) is 5.99. The summed E-state index contributed by atoms with van der Waals surface area (Å²) in [4.78, 5) is 0. The fraction of sp³-hybridized carbons (Fsp3) is 0.407. The van der Waals surface area contributed by atoms with Crippen LogP contribution in [0.25, 0.3) is 22.5 Å². The first-order valence-corrected chi connectivity index (χ1v) is 10.7. The van der Waals surface area contributed by atoms with Crippen molar-refractivity contribution in [3.05, 3.63) is 71.1 Å². The van der Waals surface area contributed by atoms with E-state index in [1.165, 1.54) is 0 Å². The predicted molar refractivity (Wildman–Crippen MR) is 122 cm³/mol. The van der Waals surface area contributed by atoms with Gasteiger partial charge in [0, 0.05) is 29.3 Å². The van der Waals surface area contributed by atoms with Crippen LogP contribution < -0.4 is 9.13 Å². The SMILES string of the molecule is Cc1c(-c2ccc(C(C)(C)C)c[n+]2C)c(F)cc(F)c1-c1ccc(C(C)(C)C)c[n+]1C. The molecule has 0 unspecified atom stereocenters. The normalized spacial score (nSPS) is 12.4. The van der Waals surface area contributed by atoms with E-state index in [2.05, 4.69) is 41.5 Å². The van der Waals surface area contributed by atoms with Crippen molar-refractivity contribution in [2.75, 3.05) is 0 Å². The van der Waals surface area contributed by atoms with Crippen LogP contribution in [0.2, 0.25) is 0 Å². The average Bonchev–Trinajstić information content (AvgIpc) is 2.62. The summed E-state index contributed by atoms with van der Waals surface area (Å²) in [7, 11) is 3.81. The molecule has 0 atom stereocenters. The van der Waals surface area contributed by atoms with Gasteiger partial charge in [-0.3, -0.25) is 0 Å². The van der Waals surface area contributed by atoms with Gasteiger partial charge in [0.05, 0.1) is 11.1 Å². The molecule has 0 bridgehead atoms. The fourth-order valence-electron chi connectivity index (χ4n) is 3.99. The van der Waals surface area contributed by atoms with Gasteiger partial charge in [0.25, 0.3) is 0 Å². The van der Waals surface area contributed by atoms with Crippen molar-refractivity contribution in [2.45, 2.75) is 59.3 Å². The van der Waals surface area contributed by atoms with Crippen LogP contribution >= 0.6 is 0 Å². The van der Waals surface area contributed by atoms with Crippen LogP contribution in [-0.4, -0.2) is 0 Å². The minimum atomic E-state index is -0.549. The van der Waals surface area contributed by atoms with Gasteiger partial charge in [0.1, 0.15) is 25.7 Å². The number of benzene rings is 1. The van der Waals surface area contributed by atoms with E-state index in [9.17, 15) is 0 Å². The Morgan fingerprint density at radius 1 is 0.645 bits per heavy atom. The Hall–Kier alpha value is -2.62. The summed E-state index contributed by atoms with van der Waals surface area (Å²) in [6.45, 7) is 14.7. The first-order valence-electron chi connectivity index (χ1n) is 10.7. The minimum Gasteiger partial charge on any atom is -0.206 e. The fourth-order valence-corrected chi connectivity index (χ4v) is 3.99. The number of rotatable bonds is 2. The van der Waals surface area contributed by atoms with Crippen LogP contribution in [0.15, 0.2) is 42.7 Å². The van der Waals surface area contributed by atoms with Crippen LogP contribution in [0.3, 0.4) is 0 Å². The minimum absolute atomic E-state index is 0.0135. The van der Waals surface area contributed by atoms with Crippen LogP contribution in [0.1, 0.15) is 58.2 Å². The third-order valence-electron chi connectivity index (χ3n) is 5.99. The molecule has 0 aliphatic heterocycles. The second kappa shape index (κ2) is 7.81. The van der Waals surface area contributed by atoms with Gasteiger partial charge in [-0.15, -0.1) is 0 Å². The van der Waals surface area contributed by atoms with Gasteiger partial charge in [-0.25, -0.2) is 17.9 Å². The summed E-state index contributed by atoms with van der Waals surface area (Å²) >= 11 is 0. The van der Waals surface area contributed by atoms with Crippen LogP contribution in [0.5, 0.6) is 0 Å². The molecule has 0 radical (unpaired) electrons. The molecule has 3 aromatic rings. The molecule has 3 rings (SSSR count). The highest BCUT2D eigenvalue weighted by atomic mass is 19.1. The maximum Gasteiger partial charge on any atom is 0.215 e. The third kappa shape index (κ3) is 4.39. The molecule has 0 spiro atoms. The summed E-state index contributed by atoms with van der Waals surface area (Å²) in [5, 5.41) is 0. The smallest absolute Gasteiger partial charge is 0.206 e. The number of halogens is 2. The van der Waals surface area contributed by atoms with E-state index in [1.54, 1.807) is 6.92 Å². The zero-order valence-corrected chi connectivity index (χ0v) is 20.2. The number of aryl methyl sites for hydroxylation is 2. The number of pyridine rings is 2. The van der Waals surface area contributed by atoms with E-state index in [1.807, 2.05) is 59.9 Å². The molecule has 0 fully saturated rings. The van der Waals surface area contributed by atoms with Gasteiger partial charge in [-0.2, -0.15) is 0 Å². The van der Waals surface area contributed by atoms with E-state index >= 15 is 8.78 Å². The molecule has 164 valence electrons. The molecule has 0 saturated heterocycles. The molecule has 0 saturated carbocycles. The first kappa shape index (κ1) is 23.1. The summed E-state index contributed by atoms with van der Waals surface area (Å²) in [6, 6.07) is 8.91. The molecule has 2 nitrogen and oxygen atoms in total. The lowest BCUT2D eigenvalue weighted by atomic mass is 9.87. The van der Waals surface area contributed by atoms with Crippen molar-refractivity contribution in [3.8, 4) is 22.5 Å². The van der Waals surface area contributed by atoms with Gasteiger partial charge < -0.3 is 0 Å². The van der Waals surface area contributed by atoms with Crippen molar-refractivity contribution < 1.29 is 17.9 Å². The Bertz CT molecular complexity index is 1060. The zero-order valence-electron chi connectivity index (χ0n) is 20.2. The number of aromatic nitrogens is 2. The highest BCUT2D eigenvalue weighted by Gasteiger charge is 2.28. The highest BCUT2D eigenvalue weighted by molar-refractivity contribution is 5.74. The topological polar surface area (TPSA) is 7.76 Å². The molecule has 0 aliphatic carbocycles. The number of nitrogens with zero attached hydrogens (tertiary/aromatic N) is 2. The van der Waals surface area contributed by atoms with Crippen molar-refractivity contribution >= 4 is 0 Å². The quantitative estimate of drug-likeness (QED) is 0.456. The van der Waals surface area contributed by atoms with Gasteiger partial charge >= 0.3 is 0 Å². The molecule has 2 aromatic heterocycles. The Balaban J connectivity index is 2.23. The lowest BCUT2D eigenvalue weighted by Crippen LogP contribution is -2.34. The second-order valence-corrected chi connectivity index (χ2v) is 10.5. The van der Waals surface area contributed by atoms with Gasteiger partial charge in [0.15, 0.2) is 12.4 Å². The summed E-state index contributed by atoms with van der Waals surface area (Å²) in [6.07, 6.45) is 4.05. The van der Waals surface area contributed by atoms with E-state index in [0.29, 0.717) is 16.7 Å². The lowest BCUT2D eigenvalue weighted by Gasteiger charge is -2.19. The molecule has 1 aromatic carbocycles. The van der Waals surface area contributed by atoms with Crippen molar-refractivity contribution in [1.29, 1.82) is 0 Å². The molecule has 0 aliphatic rings. The van der Waals surface area contributed by atoms with E-state index in [-0.39, 0.29) is 10.8 Å². The summed E-state index contributed by atoms with van der Waals surface area (Å²) < 4.78 is 34.0. The maximum absolute atomic E-state index is 15.1. The van der Waals surface area contributed by atoms with Crippen molar-refractivity contribution in [2.24, 2.45) is 14.1 Å². The van der Waals surface area contributed by atoms with Crippen LogP contribution in [0, 0.1) is 18.6 Å². The largest absolute Gasteiger partial charge is 0.215 e. The Morgan fingerprint density at radius 2 is 1.00 bits per heavy atom. The summed E-state index contributed by atoms with van der Waals surface area (Å²) in [5.41, 5.74) is 5.18. The standard InChI is InChI=1S/C27H34F2N2/c1-17-24(22-12-10-18(15-30(22)8)26(2,3)4)20(28)14-21(29)25(17)23-13-11-19(16-31(23)9)27(5,6)7/h10-16H,1-9H3/q+2. The van der Waals surface area contributed by atoms with E-state index in [4.69, 9.17) is 0 Å². The molecule has 0 amide bonds. The Labute approximate surface area is 185 Å². The van der Waals surface area contributed by atoms with E-state index < -0.39 is 11.6 Å². The molecule has 4 heteroatoms. The number of hydrogen-bond donors (Lipinski definition) is 0. The first-order chi connectivity index (χ1) is 14.2. The van der Waals surface area contributed by atoms with Crippen LogP contribution in [-0.2, 0) is 24.9 Å². The monoisotopic (exact) mass is 424 g/mol. The summed E-state index contributed by atoms with van der Waals surface area (Å²) in [5.74, 6) is -1.10. The average molecular weight is 425 g/mol. The molecular formula is C27H34F2N2+2. The predicted octanol–water partition coefficient (Wildman–Crippen LogP) is 5.85. The molecule has 31 heavy (non-hydrogen) atoms. The van der Waals surface area contributed by atoms with Gasteiger partial charge in [-0.1, -0.05) is 41.5 Å². The zero-order chi connectivity index (χ0) is 23.3. The van der Waals surface area contributed by atoms with Crippen molar-refractivity contribution in [3.63, 3.8) is 0 Å². The van der Waals surface area contributed by atoms with Gasteiger partial charge in [0.2, 0.25) is 11.4 Å². The maximum atomic E-state index is 15.1. The molecule has 0 N–H and O–H groups in total. The Morgan fingerprint density at radius 3 is 1.29 bits per heavy atom. The Kier molecular flexibility index (Phi) is 5.81. The van der Waals surface area contributed by atoms with Crippen molar-refractivity contribution in [1.82, 2.24) is 0 Å². The molecular weight excluding hydrogens is 390 g/mol. The molecule has 2 heterocycles. The van der Waals surface area contributed by atoms with Crippen LogP contribution in [0.4, 0.5) is 8.78 Å². The van der Waals surface area contributed by atoms with E-state index in [0.717, 1.165) is 28.6 Å².